The lowest BCUT2D eigenvalue weighted by Crippen LogP contribution is -2.34. The monoisotopic (exact) mass is 334 g/mol. The van der Waals surface area contributed by atoms with Crippen LogP contribution in [-0.4, -0.2) is 23.7 Å². The molecule has 25 heavy (non-hydrogen) atoms. The molecule has 0 atom stereocenters. The van der Waals surface area contributed by atoms with Gasteiger partial charge in [-0.15, -0.1) is 0 Å². The molecule has 1 aromatic heterocycles. The van der Waals surface area contributed by atoms with Gasteiger partial charge in [-0.05, 0) is 50.6 Å². The van der Waals surface area contributed by atoms with E-state index < -0.39 is 5.60 Å². The maximum atomic E-state index is 12.2. The van der Waals surface area contributed by atoms with Gasteiger partial charge in [0.05, 0.1) is 5.52 Å². The molecule has 3 rings (SSSR count). The SMILES string of the molecule is CN(C(=O)OC(C)(C)C)c1ccc(-c2cnc3ccccc3c2)cc1. The number of hydrogen-bond acceptors (Lipinski definition) is 3. The van der Waals surface area contributed by atoms with Crippen molar-refractivity contribution in [2.45, 2.75) is 26.4 Å². The Morgan fingerprint density at radius 3 is 2.36 bits per heavy atom. The molecule has 0 aliphatic carbocycles. The first-order valence-electron chi connectivity index (χ1n) is 8.25. The van der Waals surface area contributed by atoms with Gasteiger partial charge >= 0.3 is 6.09 Å². The van der Waals surface area contributed by atoms with Crippen LogP contribution in [0.3, 0.4) is 0 Å². The van der Waals surface area contributed by atoms with Crippen molar-refractivity contribution in [1.82, 2.24) is 4.98 Å². The Labute approximate surface area is 148 Å². The number of carbonyl (C=O) groups excluding carboxylic acids is 1. The second kappa shape index (κ2) is 6.55. The molecule has 1 amide bonds. The standard InChI is InChI=1S/C21H22N2O2/c1-21(2,3)25-20(24)23(4)18-11-9-15(10-12-18)17-13-16-7-5-6-8-19(16)22-14-17/h5-14H,1-4H3. The van der Waals surface area contributed by atoms with E-state index in [1.54, 1.807) is 7.05 Å². The summed E-state index contributed by atoms with van der Waals surface area (Å²) < 4.78 is 5.39. The molecular weight excluding hydrogens is 312 g/mol. The number of rotatable bonds is 2. The zero-order chi connectivity index (χ0) is 18.0. The Bertz CT molecular complexity index is 896. The molecule has 4 heteroatoms. The molecule has 0 bridgehead atoms. The zero-order valence-electron chi connectivity index (χ0n) is 15.0. The van der Waals surface area contributed by atoms with Crippen LogP contribution in [0.15, 0.2) is 60.8 Å². The fourth-order valence-electron chi connectivity index (χ4n) is 2.54. The van der Waals surface area contributed by atoms with Crippen LogP contribution < -0.4 is 4.90 Å². The van der Waals surface area contributed by atoms with E-state index in [1.165, 1.54) is 4.90 Å². The van der Waals surface area contributed by atoms with Crippen molar-refractivity contribution in [2.75, 3.05) is 11.9 Å². The summed E-state index contributed by atoms with van der Waals surface area (Å²) in [5, 5.41) is 1.11. The lowest BCUT2D eigenvalue weighted by Gasteiger charge is -2.24. The van der Waals surface area contributed by atoms with Crippen LogP contribution in [-0.2, 0) is 4.74 Å². The minimum absolute atomic E-state index is 0.368. The summed E-state index contributed by atoms with van der Waals surface area (Å²) >= 11 is 0. The fraction of sp³-hybridized carbons (Fsp3) is 0.238. The minimum atomic E-state index is -0.512. The summed E-state index contributed by atoms with van der Waals surface area (Å²) in [7, 11) is 1.71. The van der Waals surface area contributed by atoms with E-state index in [0.717, 1.165) is 27.7 Å². The molecule has 0 radical (unpaired) electrons. The van der Waals surface area contributed by atoms with Crippen molar-refractivity contribution >= 4 is 22.7 Å². The number of para-hydroxylation sites is 1. The third kappa shape index (κ3) is 3.97. The summed E-state index contributed by atoms with van der Waals surface area (Å²) in [6.07, 6.45) is 1.50. The van der Waals surface area contributed by atoms with Crippen LogP contribution in [0.1, 0.15) is 20.8 Å². The number of benzene rings is 2. The molecule has 3 aromatic rings. The van der Waals surface area contributed by atoms with Gasteiger partial charge in [0, 0.05) is 29.9 Å². The first kappa shape index (κ1) is 17.0. The van der Waals surface area contributed by atoms with Crippen molar-refractivity contribution < 1.29 is 9.53 Å². The summed E-state index contributed by atoms with van der Waals surface area (Å²) in [5.74, 6) is 0. The van der Waals surface area contributed by atoms with Crippen molar-refractivity contribution in [3.05, 3.63) is 60.8 Å². The van der Waals surface area contributed by atoms with E-state index in [2.05, 4.69) is 17.1 Å². The first-order chi connectivity index (χ1) is 11.8. The second-order valence-electron chi connectivity index (χ2n) is 7.00. The Kier molecular flexibility index (Phi) is 4.45. The van der Waals surface area contributed by atoms with E-state index in [4.69, 9.17) is 4.74 Å². The number of carbonyl (C=O) groups is 1. The number of aromatic nitrogens is 1. The van der Waals surface area contributed by atoms with E-state index in [0.29, 0.717) is 0 Å². The maximum absolute atomic E-state index is 12.2. The lowest BCUT2D eigenvalue weighted by molar-refractivity contribution is 0.0589. The molecule has 0 N–H and O–H groups in total. The minimum Gasteiger partial charge on any atom is -0.443 e. The van der Waals surface area contributed by atoms with Gasteiger partial charge in [-0.2, -0.15) is 0 Å². The number of fused-ring (bicyclic) bond motifs is 1. The van der Waals surface area contributed by atoms with Crippen LogP contribution in [0.25, 0.3) is 22.0 Å². The number of pyridine rings is 1. The molecule has 0 saturated carbocycles. The van der Waals surface area contributed by atoms with Crippen molar-refractivity contribution in [3.63, 3.8) is 0 Å². The highest BCUT2D eigenvalue weighted by atomic mass is 16.6. The van der Waals surface area contributed by atoms with E-state index in [9.17, 15) is 4.79 Å². The normalized spacial score (nSPS) is 11.4. The average molecular weight is 334 g/mol. The van der Waals surface area contributed by atoms with E-state index >= 15 is 0 Å². The Balaban J connectivity index is 1.82. The summed E-state index contributed by atoms with van der Waals surface area (Å²) in [6.45, 7) is 5.57. The van der Waals surface area contributed by atoms with Gasteiger partial charge in [0.25, 0.3) is 0 Å². The number of hydrogen-bond donors (Lipinski definition) is 0. The summed E-state index contributed by atoms with van der Waals surface area (Å²) in [4.78, 5) is 18.2. The summed E-state index contributed by atoms with van der Waals surface area (Å²) in [6, 6.07) is 18.0. The smallest absolute Gasteiger partial charge is 0.414 e. The van der Waals surface area contributed by atoms with Crippen molar-refractivity contribution in [2.24, 2.45) is 0 Å². The maximum Gasteiger partial charge on any atom is 0.414 e. The second-order valence-corrected chi connectivity index (χ2v) is 7.00. The quantitative estimate of drug-likeness (QED) is 0.641. The molecule has 128 valence electrons. The van der Waals surface area contributed by atoms with Gasteiger partial charge < -0.3 is 4.74 Å². The Hall–Kier alpha value is -2.88. The zero-order valence-corrected chi connectivity index (χ0v) is 15.0. The molecule has 0 spiro atoms. The van der Waals surface area contributed by atoms with Crippen LogP contribution >= 0.6 is 0 Å². The van der Waals surface area contributed by atoms with Crippen molar-refractivity contribution in [1.29, 1.82) is 0 Å². The Morgan fingerprint density at radius 2 is 1.68 bits per heavy atom. The predicted molar refractivity (Wildman–Crippen MR) is 102 cm³/mol. The largest absolute Gasteiger partial charge is 0.443 e. The molecule has 4 nitrogen and oxygen atoms in total. The lowest BCUT2D eigenvalue weighted by atomic mass is 10.0. The first-order valence-corrected chi connectivity index (χ1v) is 8.25. The van der Waals surface area contributed by atoms with E-state index in [1.807, 2.05) is 69.4 Å². The third-order valence-electron chi connectivity index (χ3n) is 3.85. The van der Waals surface area contributed by atoms with Crippen LogP contribution in [0.5, 0.6) is 0 Å². The number of anilines is 1. The number of nitrogens with zero attached hydrogens (tertiary/aromatic N) is 2. The van der Waals surface area contributed by atoms with E-state index in [-0.39, 0.29) is 6.09 Å². The molecule has 0 unspecified atom stereocenters. The van der Waals surface area contributed by atoms with Crippen LogP contribution in [0, 0.1) is 0 Å². The highest BCUT2D eigenvalue weighted by Crippen LogP contribution is 2.25. The molecule has 1 heterocycles. The average Bonchev–Trinajstić information content (AvgIpc) is 2.59. The topological polar surface area (TPSA) is 42.4 Å². The number of ether oxygens (including phenoxy) is 1. The van der Waals surface area contributed by atoms with Crippen LogP contribution in [0.2, 0.25) is 0 Å². The molecule has 2 aromatic carbocycles. The van der Waals surface area contributed by atoms with Gasteiger partial charge in [0.1, 0.15) is 5.60 Å². The highest BCUT2D eigenvalue weighted by molar-refractivity contribution is 5.88. The van der Waals surface area contributed by atoms with Gasteiger partial charge in [-0.1, -0.05) is 30.3 Å². The predicted octanol–water partition coefficient (Wildman–Crippen LogP) is 5.27. The Morgan fingerprint density at radius 1 is 1.00 bits per heavy atom. The fourth-order valence-corrected chi connectivity index (χ4v) is 2.54. The van der Waals surface area contributed by atoms with Crippen LogP contribution in [0.4, 0.5) is 10.5 Å². The highest BCUT2D eigenvalue weighted by Gasteiger charge is 2.20. The van der Waals surface area contributed by atoms with Gasteiger partial charge in [0.15, 0.2) is 0 Å². The molecule has 0 fully saturated rings. The molecular formula is C21H22N2O2. The summed E-state index contributed by atoms with van der Waals surface area (Å²) in [5.41, 5.74) is 3.35. The van der Waals surface area contributed by atoms with Gasteiger partial charge in [-0.3, -0.25) is 9.88 Å². The van der Waals surface area contributed by atoms with Gasteiger partial charge in [0.2, 0.25) is 0 Å². The third-order valence-corrected chi connectivity index (χ3v) is 3.85. The number of amides is 1. The molecule has 0 aliphatic heterocycles. The molecule has 0 aliphatic rings. The van der Waals surface area contributed by atoms with Crippen molar-refractivity contribution in [3.8, 4) is 11.1 Å². The van der Waals surface area contributed by atoms with Gasteiger partial charge in [-0.25, -0.2) is 4.79 Å². The molecule has 0 saturated heterocycles.